The number of nitrogens with zero attached hydrogens (tertiary/aromatic N) is 5. The van der Waals surface area contributed by atoms with Crippen molar-refractivity contribution in [1.82, 2.24) is 30.3 Å². The van der Waals surface area contributed by atoms with Crippen molar-refractivity contribution in [3.63, 3.8) is 0 Å². The van der Waals surface area contributed by atoms with Gasteiger partial charge in [-0.15, -0.1) is 34.2 Å². The van der Waals surface area contributed by atoms with Crippen molar-refractivity contribution in [3.8, 4) is 5.75 Å². The molecule has 1 unspecified atom stereocenters. The quantitative estimate of drug-likeness (QED) is 0.287. The van der Waals surface area contributed by atoms with E-state index in [1.807, 2.05) is 36.7 Å². The zero-order valence-corrected chi connectivity index (χ0v) is 23.2. The highest BCUT2D eigenvalue weighted by molar-refractivity contribution is 14.0. The van der Waals surface area contributed by atoms with E-state index in [9.17, 15) is 0 Å². The third-order valence-corrected chi connectivity index (χ3v) is 5.80. The highest BCUT2D eigenvalue weighted by atomic mass is 127. The van der Waals surface area contributed by atoms with Crippen LogP contribution in [-0.2, 0) is 20.1 Å². The summed E-state index contributed by atoms with van der Waals surface area (Å²) < 4.78 is 8.14. The summed E-state index contributed by atoms with van der Waals surface area (Å²) in [6.07, 6.45) is 2.48. The Labute approximate surface area is 215 Å². The van der Waals surface area contributed by atoms with Gasteiger partial charge in [-0.05, 0) is 59.7 Å². The molecule has 3 rings (SSSR count). The lowest BCUT2D eigenvalue weighted by Crippen LogP contribution is -2.44. The van der Waals surface area contributed by atoms with E-state index in [-0.39, 0.29) is 29.6 Å². The first-order valence-electron chi connectivity index (χ1n) is 11.6. The van der Waals surface area contributed by atoms with Crippen LogP contribution < -0.4 is 15.4 Å². The van der Waals surface area contributed by atoms with Crippen LogP contribution in [0.1, 0.15) is 57.7 Å². The van der Waals surface area contributed by atoms with Gasteiger partial charge >= 0.3 is 0 Å². The summed E-state index contributed by atoms with van der Waals surface area (Å²) in [4.78, 5) is 7.42. The lowest BCUT2D eigenvalue weighted by molar-refractivity contribution is 0.129. The molecule has 2 aromatic rings. The van der Waals surface area contributed by atoms with Gasteiger partial charge in [-0.3, -0.25) is 4.90 Å². The summed E-state index contributed by atoms with van der Waals surface area (Å²) in [5.41, 5.74) is 0.808. The first kappa shape index (κ1) is 27.4. The summed E-state index contributed by atoms with van der Waals surface area (Å²) in [6, 6.07) is 8.66. The minimum atomic E-state index is -0.256. The van der Waals surface area contributed by atoms with Gasteiger partial charge in [0.2, 0.25) is 0 Å². The number of ether oxygens (including phenoxy) is 1. The highest BCUT2D eigenvalue weighted by Gasteiger charge is 2.23. The van der Waals surface area contributed by atoms with E-state index in [1.165, 1.54) is 19.4 Å². The Bertz CT molecular complexity index is 906. The second kappa shape index (κ2) is 12.5. The third kappa shape index (κ3) is 8.13. The number of para-hydroxylation sites is 1. The van der Waals surface area contributed by atoms with Crippen LogP contribution in [0.4, 0.5) is 0 Å². The molecule has 1 atom stereocenters. The summed E-state index contributed by atoms with van der Waals surface area (Å²) in [6.45, 7) is 14.6. The van der Waals surface area contributed by atoms with Crippen LogP contribution in [-0.4, -0.2) is 56.9 Å². The number of hydrogen-bond donors (Lipinski definition) is 2. The predicted molar refractivity (Wildman–Crippen MR) is 144 cm³/mol. The Morgan fingerprint density at radius 3 is 2.64 bits per heavy atom. The number of nitrogens with one attached hydrogen (secondary N) is 2. The lowest BCUT2D eigenvalue weighted by Gasteiger charge is -2.24. The van der Waals surface area contributed by atoms with Crippen molar-refractivity contribution in [2.24, 2.45) is 12.0 Å². The minimum absolute atomic E-state index is 0. The number of guanidine groups is 1. The number of aromatic nitrogens is 3. The van der Waals surface area contributed by atoms with Crippen molar-refractivity contribution in [2.75, 3.05) is 19.6 Å². The van der Waals surface area contributed by atoms with Gasteiger partial charge in [-0.2, -0.15) is 0 Å². The van der Waals surface area contributed by atoms with Crippen LogP contribution in [0.2, 0.25) is 0 Å². The zero-order valence-electron chi connectivity index (χ0n) is 20.9. The third-order valence-electron chi connectivity index (χ3n) is 5.80. The zero-order chi connectivity index (χ0) is 23.1. The molecule has 33 heavy (non-hydrogen) atoms. The average molecular weight is 570 g/mol. The van der Waals surface area contributed by atoms with E-state index in [0.717, 1.165) is 42.0 Å². The number of likely N-dealkylation sites (tertiary alicyclic amines) is 1. The number of rotatable bonds is 8. The molecular weight excluding hydrogens is 529 g/mol. The Kier molecular flexibility index (Phi) is 10.4. The molecule has 9 heteroatoms. The van der Waals surface area contributed by atoms with Gasteiger partial charge in [0.1, 0.15) is 17.2 Å². The Morgan fingerprint density at radius 1 is 1.21 bits per heavy atom. The number of halogens is 1. The molecule has 1 aliphatic heterocycles. The first-order chi connectivity index (χ1) is 15.3. The summed E-state index contributed by atoms with van der Waals surface area (Å²) >= 11 is 0. The molecule has 8 nitrogen and oxygen atoms in total. The highest BCUT2D eigenvalue weighted by Crippen LogP contribution is 2.23. The second-order valence-corrected chi connectivity index (χ2v) is 9.37. The molecule has 184 valence electrons. The smallest absolute Gasteiger partial charge is 0.192 e. The van der Waals surface area contributed by atoms with Crippen LogP contribution in [0, 0.1) is 6.92 Å². The molecule has 0 amide bonds. The standard InChI is InChI=1S/C24H39N7O.HI/c1-7-31-14-10-12-20(31)16-26-23(27-17-22-29-28-18(2)30(22)6)25-15-19-11-8-9-13-21(19)32-24(3,4)5;/h8-9,11,13,20H,7,10,12,14-17H2,1-6H3,(H2,25,26,27);1H. The van der Waals surface area contributed by atoms with Gasteiger partial charge in [0.15, 0.2) is 11.8 Å². The van der Waals surface area contributed by atoms with Crippen molar-refractivity contribution in [1.29, 1.82) is 0 Å². The molecule has 0 spiro atoms. The Morgan fingerprint density at radius 2 is 1.97 bits per heavy atom. The molecule has 2 heterocycles. The topological polar surface area (TPSA) is 79.6 Å². The maximum atomic E-state index is 6.14. The molecule has 1 aliphatic rings. The molecule has 0 radical (unpaired) electrons. The van der Waals surface area contributed by atoms with Gasteiger partial charge in [0, 0.05) is 25.2 Å². The van der Waals surface area contributed by atoms with Crippen LogP contribution in [0.3, 0.4) is 0 Å². The number of aliphatic imine (C=N–C) groups is 1. The monoisotopic (exact) mass is 569 g/mol. The summed E-state index contributed by atoms with van der Waals surface area (Å²) in [5, 5.41) is 15.4. The molecule has 1 aromatic heterocycles. The average Bonchev–Trinajstić information content (AvgIpc) is 3.34. The van der Waals surface area contributed by atoms with Crippen LogP contribution in [0.15, 0.2) is 29.3 Å². The van der Waals surface area contributed by atoms with Crippen molar-refractivity contribution >= 4 is 29.9 Å². The molecule has 0 aliphatic carbocycles. The van der Waals surface area contributed by atoms with Crippen molar-refractivity contribution in [2.45, 2.75) is 72.2 Å². The molecular formula is C24H40IN7O. The van der Waals surface area contributed by atoms with E-state index >= 15 is 0 Å². The number of likely N-dealkylation sites (N-methyl/N-ethyl adjacent to an activating group) is 1. The SMILES string of the molecule is CCN1CCCC1CNC(=NCc1ccccc1OC(C)(C)C)NCc1nnc(C)n1C.I. The van der Waals surface area contributed by atoms with Crippen LogP contribution in [0.5, 0.6) is 5.75 Å². The molecule has 0 saturated carbocycles. The van der Waals surface area contributed by atoms with E-state index in [1.54, 1.807) is 0 Å². The van der Waals surface area contributed by atoms with Crippen molar-refractivity contribution in [3.05, 3.63) is 41.5 Å². The largest absolute Gasteiger partial charge is 0.488 e. The fraction of sp³-hybridized carbons (Fsp3) is 0.625. The maximum absolute atomic E-state index is 6.14. The van der Waals surface area contributed by atoms with E-state index < -0.39 is 0 Å². The second-order valence-electron chi connectivity index (χ2n) is 9.37. The molecule has 2 N–H and O–H groups in total. The van der Waals surface area contributed by atoms with E-state index in [4.69, 9.17) is 9.73 Å². The number of hydrogen-bond acceptors (Lipinski definition) is 5. The summed E-state index contributed by atoms with van der Waals surface area (Å²) in [7, 11) is 1.98. The van der Waals surface area contributed by atoms with Crippen LogP contribution >= 0.6 is 24.0 Å². The number of aryl methyl sites for hydroxylation is 1. The van der Waals surface area contributed by atoms with Gasteiger partial charge < -0.3 is 19.9 Å². The van der Waals surface area contributed by atoms with Gasteiger partial charge in [0.25, 0.3) is 0 Å². The first-order valence-corrected chi connectivity index (χ1v) is 11.6. The van der Waals surface area contributed by atoms with E-state index in [2.05, 4.69) is 59.5 Å². The minimum Gasteiger partial charge on any atom is -0.488 e. The molecule has 1 fully saturated rings. The fourth-order valence-corrected chi connectivity index (χ4v) is 3.93. The Hall–Kier alpha value is -1.88. The summed E-state index contributed by atoms with van der Waals surface area (Å²) in [5.74, 6) is 3.43. The van der Waals surface area contributed by atoms with E-state index in [0.29, 0.717) is 19.1 Å². The van der Waals surface area contributed by atoms with Crippen molar-refractivity contribution < 1.29 is 4.74 Å². The van der Waals surface area contributed by atoms with Gasteiger partial charge in [-0.1, -0.05) is 25.1 Å². The lowest BCUT2D eigenvalue weighted by atomic mass is 10.1. The fourth-order valence-electron chi connectivity index (χ4n) is 3.93. The Balaban J connectivity index is 0.00000385. The van der Waals surface area contributed by atoms with Gasteiger partial charge in [-0.25, -0.2) is 4.99 Å². The normalized spacial score (nSPS) is 17.0. The van der Waals surface area contributed by atoms with Crippen LogP contribution in [0.25, 0.3) is 0 Å². The molecule has 1 saturated heterocycles. The maximum Gasteiger partial charge on any atom is 0.192 e. The molecule has 1 aromatic carbocycles. The molecule has 0 bridgehead atoms. The van der Waals surface area contributed by atoms with Gasteiger partial charge in [0.05, 0.1) is 13.1 Å². The number of benzene rings is 1. The predicted octanol–water partition coefficient (Wildman–Crippen LogP) is 3.64.